The number of methoxy groups -OCH3 is 1. The molecule has 0 fully saturated rings. The van der Waals surface area contributed by atoms with Gasteiger partial charge in [0.2, 0.25) is 5.91 Å². The van der Waals surface area contributed by atoms with E-state index in [1.807, 2.05) is 35.7 Å². The molecule has 3 nitrogen and oxygen atoms in total. The largest absolute Gasteiger partial charge is 0.375 e. The standard InChI is InChI=1S/C16H19NO2S/c1-12-6-3-4-8-14(12)15(19-2)11-17-16(18)10-13-7-5-9-20-13/h3-9,15H,10-11H2,1-2H3,(H,17,18)/t15-/m0/s1. The van der Waals surface area contributed by atoms with Gasteiger partial charge in [0.05, 0.1) is 12.5 Å². The van der Waals surface area contributed by atoms with Gasteiger partial charge in [-0.1, -0.05) is 30.3 Å². The highest BCUT2D eigenvalue weighted by molar-refractivity contribution is 7.10. The highest BCUT2D eigenvalue weighted by Gasteiger charge is 2.14. The van der Waals surface area contributed by atoms with Gasteiger partial charge in [-0.2, -0.15) is 0 Å². The molecule has 106 valence electrons. The van der Waals surface area contributed by atoms with Gasteiger partial charge in [-0.05, 0) is 29.5 Å². The second-order valence-corrected chi connectivity index (χ2v) is 5.67. The van der Waals surface area contributed by atoms with Crippen LogP contribution in [0.2, 0.25) is 0 Å². The first-order valence-corrected chi connectivity index (χ1v) is 7.46. The molecule has 0 aliphatic rings. The Kier molecular flexibility index (Phi) is 5.32. The minimum absolute atomic E-state index is 0.0306. The first-order valence-electron chi connectivity index (χ1n) is 6.58. The van der Waals surface area contributed by atoms with Gasteiger partial charge >= 0.3 is 0 Å². The number of carbonyl (C=O) groups is 1. The summed E-state index contributed by atoms with van der Waals surface area (Å²) in [5.74, 6) is 0.0306. The van der Waals surface area contributed by atoms with Gasteiger partial charge in [-0.15, -0.1) is 11.3 Å². The maximum Gasteiger partial charge on any atom is 0.225 e. The summed E-state index contributed by atoms with van der Waals surface area (Å²) in [6.45, 7) is 2.54. The van der Waals surface area contributed by atoms with Crippen molar-refractivity contribution in [3.05, 3.63) is 57.8 Å². The van der Waals surface area contributed by atoms with Crippen LogP contribution in [0.4, 0.5) is 0 Å². The fourth-order valence-electron chi connectivity index (χ4n) is 2.11. The lowest BCUT2D eigenvalue weighted by Gasteiger charge is -2.18. The summed E-state index contributed by atoms with van der Waals surface area (Å²) in [6.07, 6.45) is 0.325. The van der Waals surface area contributed by atoms with Crippen molar-refractivity contribution < 1.29 is 9.53 Å². The summed E-state index contributed by atoms with van der Waals surface area (Å²) in [6, 6.07) is 12.0. The van der Waals surface area contributed by atoms with Crippen LogP contribution in [0.5, 0.6) is 0 Å². The van der Waals surface area contributed by atoms with Crippen molar-refractivity contribution in [1.29, 1.82) is 0 Å². The van der Waals surface area contributed by atoms with Crippen LogP contribution in [-0.4, -0.2) is 19.6 Å². The number of hydrogen-bond acceptors (Lipinski definition) is 3. The first-order chi connectivity index (χ1) is 9.70. The lowest BCUT2D eigenvalue weighted by molar-refractivity contribution is -0.121. The van der Waals surface area contributed by atoms with E-state index in [0.717, 1.165) is 10.4 Å². The minimum Gasteiger partial charge on any atom is -0.375 e. The van der Waals surface area contributed by atoms with Crippen molar-refractivity contribution in [3.8, 4) is 0 Å². The Hall–Kier alpha value is -1.65. The van der Waals surface area contributed by atoms with E-state index >= 15 is 0 Å². The van der Waals surface area contributed by atoms with Crippen LogP contribution >= 0.6 is 11.3 Å². The summed E-state index contributed by atoms with van der Waals surface area (Å²) < 4.78 is 5.49. The van der Waals surface area contributed by atoms with Crippen LogP contribution in [0.25, 0.3) is 0 Å². The van der Waals surface area contributed by atoms with Crippen LogP contribution in [0.1, 0.15) is 22.1 Å². The third-order valence-electron chi connectivity index (χ3n) is 3.22. The zero-order chi connectivity index (χ0) is 14.4. The maximum absolute atomic E-state index is 11.9. The van der Waals surface area contributed by atoms with Crippen molar-refractivity contribution in [2.24, 2.45) is 0 Å². The number of ether oxygens (including phenoxy) is 1. The van der Waals surface area contributed by atoms with Gasteiger partial charge in [-0.25, -0.2) is 0 Å². The Morgan fingerprint density at radius 1 is 1.30 bits per heavy atom. The molecule has 1 N–H and O–H groups in total. The van der Waals surface area contributed by atoms with E-state index in [-0.39, 0.29) is 12.0 Å². The number of carbonyl (C=O) groups excluding carboxylic acids is 1. The number of thiophene rings is 1. The van der Waals surface area contributed by atoms with Crippen molar-refractivity contribution in [1.82, 2.24) is 5.32 Å². The third-order valence-corrected chi connectivity index (χ3v) is 4.10. The maximum atomic E-state index is 11.9. The van der Waals surface area contributed by atoms with E-state index in [1.165, 1.54) is 5.56 Å². The molecular weight excluding hydrogens is 270 g/mol. The SMILES string of the molecule is CO[C@@H](CNC(=O)Cc1cccs1)c1ccccc1C. The molecule has 0 spiro atoms. The van der Waals surface area contributed by atoms with Crippen LogP contribution in [0.15, 0.2) is 41.8 Å². The van der Waals surface area contributed by atoms with Crippen molar-refractivity contribution >= 4 is 17.2 Å². The molecule has 20 heavy (non-hydrogen) atoms. The average molecular weight is 289 g/mol. The van der Waals surface area contributed by atoms with Gasteiger partial charge in [0.15, 0.2) is 0 Å². The van der Waals surface area contributed by atoms with Crippen molar-refractivity contribution in [2.75, 3.05) is 13.7 Å². The second-order valence-electron chi connectivity index (χ2n) is 4.64. The fourth-order valence-corrected chi connectivity index (χ4v) is 2.81. The summed E-state index contributed by atoms with van der Waals surface area (Å²) in [4.78, 5) is 13.0. The van der Waals surface area contributed by atoms with Gasteiger partial charge < -0.3 is 10.1 Å². The van der Waals surface area contributed by atoms with Crippen LogP contribution in [0, 0.1) is 6.92 Å². The molecule has 1 amide bonds. The monoisotopic (exact) mass is 289 g/mol. The Balaban J connectivity index is 1.91. The predicted molar refractivity (Wildman–Crippen MR) is 82.0 cm³/mol. The molecule has 4 heteroatoms. The third kappa shape index (κ3) is 3.92. The van der Waals surface area contributed by atoms with Crippen LogP contribution < -0.4 is 5.32 Å². The Bertz CT molecular complexity index is 551. The number of rotatable bonds is 6. The van der Waals surface area contributed by atoms with Crippen LogP contribution in [-0.2, 0) is 16.0 Å². The van der Waals surface area contributed by atoms with Gasteiger partial charge in [0.25, 0.3) is 0 Å². The predicted octanol–water partition coefficient (Wildman–Crippen LogP) is 3.10. The summed E-state index contributed by atoms with van der Waals surface area (Å²) in [5.41, 5.74) is 2.29. The highest BCUT2D eigenvalue weighted by Crippen LogP contribution is 2.19. The quantitative estimate of drug-likeness (QED) is 0.887. The molecule has 0 saturated heterocycles. The Morgan fingerprint density at radius 2 is 2.10 bits per heavy atom. The number of benzene rings is 1. The van der Waals surface area contributed by atoms with Gasteiger partial charge in [0, 0.05) is 18.5 Å². The molecule has 0 radical (unpaired) electrons. The molecule has 2 rings (SSSR count). The zero-order valence-corrected chi connectivity index (χ0v) is 12.6. The molecule has 1 heterocycles. The Morgan fingerprint density at radius 3 is 2.75 bits per heavy atom. The molecule has 0 aliphatic heterocycles. The minimum atomic E-state index is -0.108. The molecule has 0 aliphatic carbocycles. The summed E-state index contributed by atoms with van der Waals surface area (Å²) in [7, 11) is 1.67. The van der Waals surface area contributed by atoms with Gasteiger partial charge in [-0.3, -0.25) is 4.79 Å². The van der Waals surface area contributed by atoms with E-state index in [9.17, 15) is 4.79 Å². The average Bonchev–Trinajstić information content (AvgIpc) is 2.94. The van der Waals surface area contributed by atoms with E-state index in [2.05, 4.69) is 18.3 Å². The Labute approximate surface area is 123 Å². The van der Waals surface area contributed by atoms with E-state index in [1.54, 1.807) is 18.4 Å². The van der Waals surface area contributed by atoms with E-state index < -0.39 is 0 Å². The molecular formula is C16H19NO2S. The molecule has 2 aromatic rings. The smallest absolute Gasteiger partial charge is 0.225 e. The topological polar surface area (TPSA) is 38.3 Å². The first kappa shape index (κ1) is 14.8. The fraction of sp³-hybridized carbons (Fsp3) is 0.312. The molecule has 1 aromatic carbocycles. The van der Waals surface area contributed by atoms with Crippen LogP contribution in [0.3, 0.4) is 0 Å². The number of aryl methyl sites for hydroxylation is 1. The zero-order valence-electron chi connectivity index (χ0n) is 11.8. The van der Waals surface area contributed by atoms with Crippen molar-refractivity contribution in [3.63, 3.8) is 0 Å². The molecule has 0 bridgehead atoms. The summed E-state index contributed by atoms with van der Waals surface area (Å²) >= 11 is 1.60. The van der Waals surface area contributed by atoms with Crippen molar-refractivity contribution in [2.45, 2.75) is 19.4 Å². The molecule has 0 unspecified atom stereocenters. The summed E-state index contributed by atoms with van der Waals surface area (Å²) in [5, 5.41) is 4.92. The van der Waals surface area contributed by atoms with Gasteiger partial charge in [0.1, 0.15) is 0 Å². The van der Waals surface area contributed by atoms with E-state index in [0.29, 0.717) is 13.0 Å². The number of nitrogens with one attached hydrogen (secondary N) is 1. The number of amides is 1. The highest BCUT2D eigenvalue weighted by atomic mass is 32.1. The normalized spacial score (nSPS) is 12.1. The number of hydrogen-bond donors (Lipinski definition) is 1. The molecule has 1 atom stereocenters. The molecule has 0 saturated carbocycles. The lowest BCUT2D eigenvalue weighted by atomic mass is 10.0. The molecule has 1 aromatic heterocycles. The lowest BCUT2D eigenvalue weighted by Crippen LogP contribution is -2.30. The second kappa shape index (κ2) is 7.22. The van der Waals surface area contributed by atoms with E-state index in [4.69, 9.17) is 4.74 Å².